The molecular weight excluding hydrogens is 755 g/mol. The molecule has 6 heterocycles. The predicted molar refractivity (Wildman–Crippen MR) is 201 cm³/mol. The number of nitrogens with two attached hydrogens (primary N) is 1. The predicted octanol–water partition coefficient (Wildman–Crippen LogP) is 6.69. The minimum absolute atomic E-state index is 0.0145. The van der Waals surface area contributed by atoms with Crippen LogP contribution in [-0.2, 0) is 0 Å². The molecule has 284 valence electrons. The summed E-state index contributed by atoms with van der Waals surface area (Å²) in [7, 11) is 0. The quantitative estimate of drug-likeness (QED) is 0.178. The van der Waals surface area contributed by atoms with Crippen molar-refractivity contribution in [2.45, 2.75) is 62.7 Å². The average molecular weight is 790 g/mol. The van der Waals surface area contributed by atoms with Crippen LogP contribution in [-0.4, -0.2) is 97.6 Å². The van der Waals surface area contributed by atoms with Crippen LogP contribution in [0.25, 0.3) is 32.1 Å². The van der Waals surface area contributed by atoms with Gasteiger partial charge in [-0.3, -0.25) is 4.90 Å². The Morgan fingerprint density at radius 2 is 2.04 bits per heavy atom. The van der Waals surface area contributed by atoms with Crippen LogP contribution < -0.4 is 15.4 Å². The molecule has 2 N–H and O–H groups in total. The highest BCUT2D eigenvalue weighted by Crippen LogP contribution is 2.46. The first kappa shape index (κ1) is 36.7. The molecule has 8 rings (SSSR count). The smallest absolute Gasteiger partial charge is 0.346 e. The molecule has 3 saturated heterocycles. The van der Waals surface area contributed by atoms with E-state index in [0.29, 0.717) is 56.5 Å². The monoisotopic (exact) mass is 789 g/mol. The number of amides is 1. The first-order chi connectivity index (χ1) is 26.6. The average Bonchev–Trinajstić information content (AvgIpc) is 3.93. The van der Waals surface area contributed by atoms with Crippen LogP contribution in [0.4, 0.5) is 28.8 Å². The second-order valence-electron chi connectivity index (χ2n) is 14.2. The number of nitrogens with zero attached hydrogens (tertiary/aromatic N) is 10. The van der Waals surface area contributed by atoms with Gasteiger partial charge < -0.3 is 20.3 Å². The molecule has 2 aromatic carbocycles. The minimum Gasteiger partial charge on any atom is -0.461 e. The van der Waals surface area contributed by atoms with Crippen molar-refractivity contribution in [3.05, 3.63) is 53.1 Å². The third-order valence-electron chi connectivity index (χ3n) is 11.0. The summed E-state index contributed by atoms with van der Waals surface area (Å²) in [5.41, 5.74) is 5.58. The van der Waals surface area contributed by atoms with Gasteiger partial charge in [-0.1, -0.05) is 17.7 Å². The van der Waals surface area contributed by atoms with Crippen molar-refractivity contribution in [2.24, 2.45) is 0 Å². The second kappa shape index (κ2) is 14.8. The Morgan fingerprint density at radius 3 is 2.82 bits per heavy atom. The SMILES string of the molecule is N#CCCN(C(=O)n1cncn1)C1CCCN(c2nc(OC[C@@]34CCCN3C[C@H](F)C4)nc3c(F)c(-c4ccc(F)c5sc(N)c(C#N)c45)c(Cl)cc23)CC1. The largest absolute Gasteiger partial charge is 0.461 e. The lowest BCUT2D eigenvalue weighted by atomic mass is 9.95. The lowest BCUT2D eigenvalue weighted by Gasteiger charge is -2.31. The zero-order chi connectivity index (χ0) is 38.4. The molecule has 3 atom stereocenters. The lowest BCUT2D eigenvalue weighted by Crippen LogP contribution is -2.44. The molecular formula is C37H35ClF3N11O2S. The highest BCUT2D eigenvalue weighted by molar-refractivity contribution is 7.23. The van der Waals surface area contributed by atoms with Crippen LogP contribution in [0.1, 0.15) is 50.5 Å². The molecule has 18 heteroatoms. The maximum absolute atomic E-state index is 17.2. The highest BCUT2D eigenvalue weighted by Gasteiger charge is 2.49. The highest BCUT2D eigenvalue weighted by atomic mass is 35.5. The van der Waals surface area contributed by atoms with E-state index >= 15 is 8.78 Å². The summed E-state index contributed by atoms with van der Waals surface area (Å²) in [5, 5.41) is 23.8. The Labute approximate surface area is 322 Å². The molecule has 1 unspecified atom stereocenters. The fraction of sp³-hybridized carbons (Fsp3) is 0.432. The van der Waals surface area contributed by atoms with Crippen molar-refractivity contribution in [2.75, 3.05) is 50.0 Å². The van der Waals surface area contributed by atoms with Gasteiger partial charge in [-0.25, -0.2) is 22.9 Å². The standard InChI is InChI=1S/C37H35ClF3N11O2S/c38-26-14-24-31(30(41)29(26)23-5-6-27(40)32-28(23)25(16-43)33(44)55-32)47-35(54-18-37-8-2-11-50(37)17-21(39)15-37)48-34(24)49-10-1-4-22(7-13-49)51(12-3-9-42)36(53)52-20-45-19-46-52/h5-6,14,19-22H,1-4,7-8,10-13,15,17-18,44H2/t21-,22?,37+/m1/s1. The molecule has 0 radical (unpaired) electrons. The fourth-order valence-corrected chi connectivity index (χ4v) is 9.76. The summed E-state index contributed by atoms with van der Waals surface area (Å²) >= 11 is 7.81. The normalized spacial score (nSPS) is 21.4. The van der Waals surface area contributed by atoms with E-state index < -0.39 is 23.3 Å². The Kier molecular flexibility index (Phi) is 9.87. The number of aromatic nitrogens is 5. The van der Waals surface area contributed by atoms with Gasteiger partial charge in [-0.15, -0.1) is 11.3 Å². The third kappa shape index (κ3) is 6.53. The van der Waals surface area contributed by atoms with E-state index in [1.807, 2.05) is 11.0 Å². The van der Waals surface area contributed by atoms with Crippen LogP contribution in [0, 0.1) is 34.3 Å². The maximum Gasteiger partial charge on any atom is 0.346 e. The Bertz CT molecular complexity index is 2380. The lowest BCUT2D eigenvalue weighted by molar-refractivity contribution is 0.107. The Hall–Kier alpha value is -5.23. The van der Waals surface area contributed by atoms with E-state index in [1.54, 1.807) is 11.0 Å². The van der Waals surface area contributed by atoms with Crippen molar-refractivity contribution in [1.82, 2.24) is 34.5 Å². The van der Waals surface area contributed by atoms with E-state index in [9.17, 15) is 19.7 Å². The van der Waals surface area contributed by atoms with Crippen molar-refractivity contribution in [1.29, 1.82) is 10.5 Å². The molecule has 3 fully saturated rings. The molecule has 1 amide bonds. The Balaban J connectivity index is 1.21. The number of nitriles is 2. The molecule has 3 aliphatic rings. The van der Waals surface area contributed by atoms with Crippen LogP contribution in [0.15, 0.2) is 30.9 Å². The fourth-order valence-electron chi connectivity index (χ4n) is 8.51. The second-order valence-corrected chi connectivity index (χ2v) is 15.6. The number of rotatable bonds is 8. The molecule has 0 spiro atoms. The molecule has 0 aliphatic carbocycles. The number of carbonyl (C=O) groups is 1. The summed E-state index contributed by atoms with van der Waals surface area (Å²) in [4.78, 5) is 32.5. The topological polar surface area (TPSA) is 166 Å². The number of ether oxygens (including phenoxy) is 1. The van der Waals surface area contributed by atoms with E-state index in [0.717, 1.165) is 35.4 Å². The number of hydrogen-bond acceptors (Lipinski definition) is 12. The van der Waals surface area contributed by atoms with E-state index in [4.69, 9.17) is 27.1 Å². The number of nitrogen functional groups attached to an aromatic ring is 1. The summed E-state index contributed by atoms with van der Waals surface area (Å²) in [6.07, 6.45) is 5.43. The van der Waals surface area contributed by atoms with Crippen molar-refractivity contribution < 1.29 is 22.7 Å². The number of hydrogen-bond donors (Lipinski definition) is 1. The van der Waals surface area contributed by atoms with Gasteiger partial charge in [-0.05, 0) is 56.3 Å². The first-order valence-electron chi connectivity index (χ1n) is 18.0. The molecule has 3 aromatic heterocycles. The summed E-state index contributed by atoms with van der Waals surface area (Å²) in [6.45, 7) is 2.27. The van der Waals surface area contributed by atoms with Crippen molar-refractivity contribution >= 4 is 60.8 Å². The van der Waals surface area contributed by atoms with Crippen LogP contribution in [0.3, 0.4) is 0 Å². The van der Waals surface area contributed by atoms with Gasteiger partial charge in [0.1, 0.15) is 53.7 Å². The van der Waals surface area contributed by atoms with Crippen molar-refractivity contribution in [3.8, 4) is 29.3 Å². The van der Waals surface area contributed by atoms with E-state index in [2.05, 4.69) is 26.0 Å². The van der Waals surface area contributed by atoms with E-state index in [-0.39, 0.29) is 80.0 Å². The molecule has 55 heavy (non-hydrogen) atoms. The third-order valence-corrected chi connectivity index (χ3v) is 12.4. The van der Waals surface area contributed by atoms with Crippen molar-refractivity contribution in [3.63, 3.8) is 0 Å². The van der Waals surface area contributed by atoms with Crippen LogP contribution in [0.5, 0.6) is 6.01 Å². The zero-order valence-corrected chi connectivity index (χ0v) is 31.1. The number of fused-ring (bicyclic) bond motifs is 3. The number of thiophene rings is 1. The number of carbonyl (C=O) groups excluding carboxylic acids is 1. The van der Waals surface area contributed by atoms with Gasteiger partial charge in [0.05, 0.1) is 33.3 Å². The summed E-state index contributed by atoms with van der Waals surface area (Å²) in [5.74, 6) is -1.07. The summed E-state index contributed by atoms with van der Waals surface area (Å²) < 4.78 is 54.4. The van der Waals surface area contributed by atoms with E-state index in [1.165, 1.54) is 24.8 Å². The van der Waals surface area contributed by atoms with Gasteiger partial charge in [-0.2, -0.15) is 30.3 Å². The van der Waals surface area contributed by atoms with Crippen LogP contribution in [0.2, 0.25) is 5.02 Å². The molecule has 5 aromatic rings. The first-order valence-corrected chi connectivity index (χ1v) is 19.2. The number of benzene rings is 2. The number of alkyl halides is 1. The zero-order valence-electron chi connectivity index (χ0n) is 29.5. The Morgan fingerprint density at radius 1 is 1.18 bits per heavy atom. The number of halogens is 4. The molecule has 0 saturated carbocycles. The van der Waals surface area contributed by atoms with Gasteiger partial charge in [0.15, 0.2) is 5.82 Å². The molecule has 3 aliphatic heterocycles. The van der Waals surface area contributed by atoms with Crippen LogP contribution >= 0.6 is 22.9 Å². The maximum atomic E-state index is 17.2. The summed E-state index contributed by atoms with van der Waals surface area (Å²) in [6, 6.07) is 7.52. The molecule has 13 nitrogen and oxygen atoms in total. The molecule has 0 bridgehead atoms. The van der Waals surface area contributed by atoms with Gasteiger partial charge in [0.25, 0.3) is 0 Å². The van der Waals surface area contributed by atoms with Gasteiger partial charge in [0.2, 0.25) is 0 Å². The minimum atomic E-state index is -0.981. The van der Waals surface area contributed by atoms with Gasteiger partial charge in [0, 0.05) is 55.0 Å². The van der Waals surface area contributed by atoms with Gasteiger partial charge >= 0.3 is 12.0 Å². The number of anilines is 2.